The number of halogens is 1. The van der Waals surface area contributed by atoms with Gasteiger partial charge in [-0.3, -0.25) is 0 Å². The van der Waals surface area contributed by atoms with Crippen molar-refractivity contribution in [1.82, 2.24) is 0 Å². The van der Waals surface area contributed by atoms with Gasteiger partial charge in [0, 0.05) is 17.1 Å². The van der Waals surface area contributed by atoms with Crippen LogP contribution in [0.5, 0.6) is 11.5 Å². The Morgan fingerprint density at radius 3 is 2.55 bits per heavy atom. The first-order valence-corrected chi connectivity index (χ1v) is 7.16. The lowest BCUT2D eigenvalue weighted by atomic mass is 10.0. The lowest BCUT2D eigenvalue weighted by Crippen LogP contribution is -2.02. The molecule has 0 unspecified atom stereocenters. The molecule has 0 bridgehead atoms. The van der Waals surface area contributed by atoms with Gasteiger partial charge in [0.2, 0.25) is 0 Å². The highest BCUT2D eigenvalue weighted by Crippen LogP contribution is 2.34. The van der Waals surface area contributed by atoms with E-state index in [1.807, 2.05) is 18.2 Å². The monoisotopic (exact) mass is 289 g/mol. The van der Waals surface area contributed by atoms with E-state index < -0.39 is 0 Å². The molecule has 3 heteroatoms. The molecule has 2 aromatic carbocycles. The van der Waals surface area contributed by atoms with Crippen LogP contribution < -0.4 is 10.5 Å². The standard InChI is InChI=1S/C17H20ClNO/c1-11(2)13-8-7-12(3)9-17(13)20-16-6-4-5-15(18)14(16)10-19/h4-9,11H,10,19H2,1-3H3. The average Bonchev–Trinajstić information content (AvgIpc) is 2.38. The number of rotatable bonds is 4. The summed E-state index contributed by atoms with van der Waals surface area (Å²) >= 11 is 6.17. The van der Waals surface area contributed by atoms with Crippen LogP contribution in [0.15, 0.2) is 36.4 Å². The van der Waals surface area contributed by atoms with E-state index in [1.165, 1.54) is 11.1 Å². The second-order valence-corrected chi connectivity index (χ2v) is 5.63. The van der Waals surface area contributed by atoms with E-state index in [-0.39, 0.29) is 0 Å². The van der Waals surface area contributed by atoms with E-state index in [0.29, 0.717) is 17.5 Å². The Hall–Kier alpha value is -1.51. The van der Waals surface area contributed by atoms with E-state index in [4.69, 9.17) is 22.1 Å². The number of benzene rings is 2. The largest absolute Gasteiger partial charge is 0.457 e. The molecule has 0 aliphatic rings. The van der Waals surface area contributed by atoms with Gasteiger partial charge in [0.25, 0.3) is 0 Å². The van der Waals surface area contributed by atoms with Gasteiger partial charge in [-0.15, -0.1) is 0 Å². The molecule has 0 heterocycles. The van der Waals surface area contributed by atoms with Gasteiger partial charge in [-0.25, -0.2) is 0 Å². The zero-order valence-corrected chi connectivity index (χ0v) is 12.9. The third-order valence-corrected chi connectivity index (χ3v) is 3.65. The van der Waals surface area contributed by atoms with Gasteiger partial charge >= 0.3 is 0 Å². The highest BCUT2D eigenvalue weighted by Gasteiger charge is 2.12. The second kappa shape index (κ2) is 6.29. The molecule has 0 spiro atoms. The van der Waals surface area contributed by atoms with Crippen molar-refractivity contribution in [2.75, 3.05) is 0 Å². The molecule has 0 saturated heterocycles. The van der Waals surface area contributed by atoms with E-state index in [2.05, 4.69) is 39.0 Å². The van der Waals surface area contributed by atoms with E-state index >= 15 is 0 Å². The summed E-state index contributed by atoms with van der Waals surface area (Å²) in [6, 6.07) is 11.9. The lowest BCUT2D eigenvalue weighted by Gasteiger charge is -2.17. The minimum absolute atomic E-state index is 0.359. The van der Waals surface area contributed by atoms with Crippen LogP contribution in [0, 0.1) is 6.92 Å². The van der Waals surface area contributed by atoms with Crippen molar-refractivity contribution >= 4 is 11.6 Å². The summed E-state index contributed by atoms with van der Waals surface area (Å²) < 4.78 is 6.09. The van der Waals surface area contributed by atoms with Crippen LogP contribution in [0.1, 0.15) is 36.5 Å². The fraction of sp³-hybridized carbons (Fsp3) is 0.294. The molecule has 0 aromatic heterocycles. The number of nitrogens with two attached hydrogens (primary N) is 1. The molecule has 0 aliphatic carbocycles. The first-order valence-electron chi connectivity index (χ1n) is 6.78. The summed E-state index contributed by atoms with van der Waals surface area (Å²) in [5.41, 5.74) is 8.95. The molecule has 2 rings (SSSR count). The maximum absolute atomic E-state index is 6.17. The third kappa shape index (κ3) is 3.14. The molecule has 0 radical (unpaired) electrons. The highest BCUT2D eigenvalue weighted by atomic mass is 35.5. The highest BCUT2D eigenvalue weighted by molar-refractivity contribution is 6.31. The fourth-order valence-corrected chi connectivity index (χ4v) is 2.40. The predicted octanol–water partition coefficient (Wildman–Crippen LogP) is 5.02. The Labute approximate surface area is 125 Å². The van der Waals surface area contributed by atoms with E-state index in [0.717, 1.165) is 17.1 Å². The van der Waals surface area contributed by atoms with Crippen molar-refractivity contribution in [2.45, 2.75) is 33.2 Å². The van der Waals surface area contributed by atoms with E-state index in [9.17, 15) is 0 Å². The molecule has 2 aromatic rings. The van der Waals surface area contributed by atoms with Crippen LogP contribution in [0.25, 0.3) is 0 Å². The van der Waals surface area contributed by atoms with Crippen molar-refractivity contribution in [3.8, 4) is 11.5 Å². The maximum atomic E-state index is 6.17. The van der Waals surface area contributed by atoms with Crippen molar-refractivity contribution < 1.29 is 4.74 Å². The smallest absolute Gasteiger partial charge is 0.133 e. The predicted molar refractivity (Wildman–Crippen MR) is 84.7 cm³/mol. The summed E-state index contributed by atoms with van der Waals surface area (Å²) in [7, 11) is 0. The number of hydrogen-bond donors (Lipinski definition) is 1. The van der Waals surface area contributed by atoms with Crippen LogP contribution in [-0.4, -0.2) is 0 Å². The van der Waals surface area contributed by atoms with Gasteiger partial charge in [0.1, 0.15) is 11.5 Å². The van der Waals surface area contributed by atoms with Crippen LogP contribution in [-0.2, 0) is 6.54 Å². The summed E-state index contributed by atoms with van der Waals surface area (Å²) in [5.74, 6) is 2.00. The van der Waals surface area contributed by atoms with Gasteiger partial charge in [0.15, 0.2) is 0 Å². The van der Waals surface area contributed by atoms with E-state index in [1.54, 1.807) is 0 Å². The molecule has 0 atom stereocenters. The first-order chi connectivity index (χ1) is 9.52. The van der Waals surface area contributed by atoms with Gasteiger partial charge < -0.3 is 10.5 Å². The minimum atomic E-state index is 0.359. The van der Waals surface area contributed by atoms with Crippen molar-refractivity contribution in [3.05, 3.63) is 58.1 Å². The number of hydrogen-bond acceptors (Lipinski definition) is 2. The number of aryl methyl sites for hydroxylation is 1. The molecule has 2 nitrogen and oxygen atoms in total. The van der Waals surface area contributed by atoms with Gasteiger partial charge in [-0.1, -0.05) is 43.6 Å². The Morgan fingerprint density at radius 2 is 1.90 bits per heavy atom. The average molecular weight is 290 g/mol. The normalized spacial score (nSPS) is 10.9. The van der Waals surface area contributed by atoms with Crippen LogP contribution in [0.4, 0.5) is 0 Å². The minimum Gasteiger partial charge on any atom is -0.457 e. The van der Waals surface area contributed by atoms with Crippen LogP contribution in [0.2, 0.25) is 5.02 Å². The lowest BCUT2D eigenvalue weighted by molar-refractivity contribution is 0.467. The van der Waals surface area contributed by atoms with Crippen LogP contribution >= 0.6 is 11.6 Å². The molecule has 0 saturated carbocycles. The molecular formula is C17H20ClNO. The number of ether oxygens (including phenoxy) is 1. The zero-order valence-electron chi connectivity index (χ0n) is 12.1. The maximum Gasteiger partial charge on any atom is 0.133 e. The van der Waals surface area contributed by atoms with Crippen molar-refractivity contribution in [2.24, 2.45) is 5.73 Å². The first kappa shape index (κ1) is 14.9. The third-order valence-electron chi connectivity index (χ3n) is 3.29. The molecule has 0 fully saturated rings. The molecule has 0 amide bonds. The van der Waals surface area contributed by atoms with Gasteiger partial charge in [-0.05, 0) is 42.2 Å². The molecule has 20 heavy (non-hydrogen) atoms. The fourth-order valence-electron chi connectivity index (χ4n) is 2.16. The SMILES string of the molecule is Cc1ccc(C(C)C)c(Oc2cccc(Cl)c2CN)c1. The Kier molecular flexibility index (Phi) is 4.69. The molecule has 2 N–H and O–H groups in total. The topological polar surface area (TPSA) is 35.2 Å². The quantitative estimate of drug-likeness (QED) is 0.857. The second-order valence-electron chi connectivity index (χ2n) is 5.22. The Morgan fingerprint density at radius 1 is 1.15 bits per heavy atom. The van der Waals surface area contributed by atoms with Crippen molar-refractivity contribution in [3.63, 3.8) is 0 Å². The molecule has 0 aliphatic heterocycles. The summed E-state index contributed by atoms with van der Waals surface area (Å²) in [6.07, 6.45) is 0. The van der Waals surface area contributed by atoms with Crippen LogP contribution in [0.3, 0.4) is 0 Å². The summed E-state index contributed by atoms with van der Waals surface area (Å²) in [4.78, 5) is 0. The van der Waals surface area contributed by atoms with Crippen molar-refractivity contribution in [1.29, 1.82) is 0 Å². The summed E-state index contributed by atoms with van der Waals surface area (Å²) in [5, 5.41) is 0.642. The summed E-state index contributed by atoms with van der Waals surface area (Å²) in [6.45, 7) is 6.72. The molecular weight excluding hydrogens is 270 g/mol. The Balaban J connectivity index is 2.44. The molecule has 106 valence electrons. The Bertz CT molecular complexity index is 608. The van der Waals surface area contributed by atoms with Gasteiger partial charge in [0.05, 0.1) is 0 Å². The van der Waals surface area contributed by atoms with Gasteiger partial charge in [-0.2, -0.15) is 0 Å². The zero-order chi connectivity index (χ0) is 14.7.